The van der Waals surface area contributed by atoms with Gasteiger partial charge in [0.2, 0.25) is 5.91 Å². The maximum Gasteiger partial charge on any atom is 0.490 e. The number of alkyl halides is 3. The topological polar surface area (TPSA) is 86.3 Å². The molecule has 0 spiro atoms. The summed E-state index contributed by atoms with van der Waals surface area (Å²) < 4.78 is 31.7. The molecule has 2 aromatic rings. The van der Waals surface area contributed by atoms with Gasteiger partial charge in [-0.3, -0.25) is 9.89 Å². The molecule has 0 atom stereocenters. The van der Waals surface area contributed by atoms with E-state index in [1.807, 2.05) is 0 Å². The van der Waals surface area contributed by atoms with E-state index in [0.29, 0.717) is 5.91 Å². The minimum atomic E-state index is -5.08. The summed E-state index contributed by atoms with van der Waals surface area (Å²) >= 11 is 0. The Bertz CT molecular complexity index is 948. The lowest BCUT2D eigenvalue weighted by Gasteiger charge is -2.23. The van der Waals surface area contributed by atoms with Crippen LogP contribution in [0.5, 0.6) is 0 Å². The van der Waals surface area contributed by atoms with E-state index in [4.69, 9.17) is 9.90 Å². The number of carboxylic acids is 1. The van der Waals surface area contributed by atoms with Crippen LogP contribution < -0.4 is 0 Å². The van der Waals surface area contributed by atoms with Crippen molar-refractivity contribution in [3.63, 3.8) is 0 Å². The molecule has 30 heavy (non-hydrogen) atoms. The summed E-state index contributed by atoms with van der Waals surface area (Å²) in [6.45, 7) is 5.83. The Morgan fingerprint density at radius 2 is 1.77 bits per heavy atom. The number of amides is 1. The fourth-order valence-corrected chi connectivity index (χ4v) is 3.53. The number of halogens is 3. The average Bonchev–Trinajstić information content (AvgIpc) is 3.37. The van der Waals surface area contributed by atoms with E-state index in [1.54, 1.807) is 0 Å². The van der Waals surface area contributed by atoms with Crippen molar-refractivity contribution in [2.45, 2.75) is 45.7 Å². The zero-order chi connectivity index (χ0) is 22.1. The Kier molecular flexibility index (Phi) is 5.92. The second-order valence-corrected chi connectivity index (χ2v) is 8.00. The molecule has 0 radical (unpaired) electrons. The number of aryl methyl sites for hydroxylation is 1. The molecule has 1 aromatic heterocycles. The van der Waals surface area contributed by atoms with Gasteiger partial charge in [-0.05, 0) is 31.7 Å². The molecule has 2 aliphatic rings. The van der Waals surface area contributed by atoms with Crippen molar-refractivity contribution in [2.75, 3.05) is 13.1 Å². The van der Waals surface area contributed by atoms with Gasteiger partial charge in [-0.15, -0.1) is 0 Å². The van der Waals surface area contributed by atoms with Crippen LogP contribution in [0.2, 0.25) is 0 Å². The first-order valence-electron chi connectivity index (χ1n) is 9.74. The van der Waals surface area contributed by atoms with Crippen molar-refractivity contribution in [3.05, 3.63) is 41.1 Å². The number of nitrogens with zero attached hydrogens (tertiary/aromatic N) is 2. The van der Waals surface area contributed by atoms with Gasteiger partial charge < -0.3 is 10.0 Å². The van der Waals surface area contributed by atoms with E-state index in [1.165, 1.54) is 22.4 Å². The van der Waals surface area contributed by atoms with Crippen LogP contribution in [0.4, 0.5) is 13.2 Å². The molecule has 1 amide bonds. The second kappa shape index (κ2) is 8.12. The number of hydrogen-bond donors (Lipinski definition) is 2. The molecule has 162 valence electrons. The Morgan fingerprint density at radius 1 is 1.17 bits per heavy atom. The number of hydrogen-bond acceptors (Lipinski definition) is 3. The molecule has 6 nitrogen and oxygen atoms in total. The summed E-state index contributed by atoms with van der Waals surface area (Å²) in [5.74, 6) is -2.42. The number of fused-ring (bicyclic) bond motifs is 1. The van der Waals surface area contributed by atoms with Crippen molar-refractivity contribution in [3.8, 4) is 11.3 Å². The van der Waals surface area contributed by atoms with Gasteiger partial charge in [0.05, 0.1) is 5.69 Å². The van der Waals surface area contributed by atoms with E-state index in [0.717, 1.165) is 44.5 Å². The summed E-state index contributed by atoms with van der Waals surface area (Å²) in [4.78, 5) is 23.6. The third kappa shape index (κ3) is 4.66. The van der Waals surface area contributed by atoms with Crippen LogP contribution in [0.15, 0.2) is 24.3 Å². The standard InChI is InChI=1S/C19H23N3O.C2HF3O2/c1-13-5-3-4-6-14(13)17-15-7-11-22(12-8-16(15)20-21-17)18(23)19(2)9-10-19;3-2(4,5)1(6)7/h3-6H,7-12H2,1-2H3,(H,20,21);(H,6,7). The van der Waals surface area contributed by atoms with Crippen molar-refractivity contribution >= 4 is 11.9 Å². The van der Waals surface area contributed by atoms with E-state index in [-0.39, 0.29) is 5.41 Å². The lowest BCUT2D eigenvalue weighted by Crippen LogP contribution is -2.38. The van der Waals surface area contributed by atoms with E-state index in [9.17, 15) is 18.0 Å². The Balaban J connectivity index is 0.000000318. The third-order valence-electron chi connectivity index (χ3n) is 5.66. The van der Waals surface area contributed by atoms with Crippen LogP contribution in [0.25, 0.3) is 11.3 Å². The molecule has 1 aliphatic heterocycles. The number of rotatable bonds is 2. The number of carbonyl (C=O) groups is 2. The van der Waals surface area contributed by atoms with Crippen LogP contribution in [0, 0.1) is 12.3 Å². The van der Waals surface area contributed by atoms with Crippen LogP contribution >= 0.6 is 0 Å². The van der Waals surface area contributed by atoms with Crippen molar-refractivity contribution in [1.29, 1.82) is 0 Å². The fraction of sp³-hybridized carbons (Fsp3) is 0.476. The summed E-state index contributed by atoms with van der Waals surface area (Å²) in [7, 11) is 0. The highest BCUT2D eigenvalue weighted by Crippen LogP contribution is 2.46. The van der Waals surface area contributed by atoms with E-state index >= 15 is 0 Å². The molecular weight excluding hydrogens is 399 g/mol. The maximum atomic E-state index is 12.6. The van der Waals surface area contributed by atoms with Crippen LogP contribution in [-0.4, -0.2) is 51.3 Å². The highest BCUT2D eigenvalue weighted by atomic mass is 19.4. The van der Waals surface area contributed by atoms with E-state index < -0.39 is 12.1 Å². The Labute approximate surface area is 172 Å². The van der Waals surface area contributed by atoms with Crippen LogP contribution in [-0.2, 0) is 22.4 Å². The molecule has 1 fully saturated rings. The smallest absolute Gasteiger partial charge is 0.475 e. The van der Waals surface area contributed by atoms with Gasteiger partial charge in [-0.1, -0.05) is 31.2 Å². The zero-order valence-electron chi connectivity index (χ0n) is 16.8. The zero-order valence-corrected chi connectivity index (χ0v) is 16.8. The number of H-pyrrole nitrogens is 1. The number of nitrogens with one attached hydrogen (secondary N) is 1. The lowest BCUT2D eigenvalue weighted by atomic mass is 9.99. The number of carbonyl (C=O) groups excluding carboxylic acids is 1. The average molecular weight is 423 g/mol. The molecule has 1 saturated carbocycles. The number of aromatic amines is 1. The number of aromatic nitrogens is 2. The van der Waals surface area contributed by atoms with Gasteiger partial charge in [0.1, 0.15) is 0 Å². The minimum absolute atomic E-state index is 0.0743. The Morgan fingerprint density at radius 3 is 2.33 bits per heavy atom. The number of aliphatic carboxylic acids is 1. The summed E-state index contributed by atoms with van der Waals surface area (Å²) in [6, 6.07) is 8.37. The number of benzene rings is 1. The quantitative estimate of drug-likeness (QED) is 0.771. The van der Waals surface area contributed by atoms with Gasteiger partial charge in [-0.2, -0.15) is 18.3 Å². The highest BCUT2D eigenvalue weighted by Gasteiger charge is 2.47. The summed E-state index contributed by atoms with van der Waals surface area (Å²) in [5, 5.41) is 14.9. The molecule has 1 aromatic carbocycles. The molecule has 1 aliphatic carbocycles. The van der Waals surface area contributed by atoms with Gasteiger partial charge in [-0.25, -0.2) is 4.79 Å². The van der Waals surface area contributed by atoms with Gasteiger partial charge >= 0.3 is 12.1 Å². The minimum Gasteiger partial charge on any atom is -0.475 e. The van der Waals surface area contributed by atoms with Crippen molar-refractivity contribution < 1.29 is 27.9 Å². The number of carboxylic acid groups (broad SMARTS) is 1. The Hall–Kier alpha value is -2.84. The third-order valence-corrected chi connectivity index (χ3v) is 5.66. The molecule has 2 N–H and O–H groups in total. The monoisotopic (exact) mass is 423 g/mol. The molecular formula is C21H24F3N3O3. The second-order valence-electron chi connectivity index (χ2n) is 8.00. The van der Waals surface area contributed by atoms with Crippen molar-refractivity contribution in [2.24, 2.45) is 5.41 Å². The molecule has 0 unspecified atom stereocenters. The fourth-order valence-electron chi connectivity index (χ4n) is 3.53. The largest absolute Gasteiger partial charge is 0.490 e. The molecule has 0 saturated heterocycles. The first kappa shape index (κ1) is 21.9. The summed E-state index contributed by atoms with van der Waals surface area (Å²) in [5.41, 5.74) is 5.90. The van der Waals surface area contributed by atoms with Gasteiger partial charge in [0.25, 0.3) is 0 Å². The lowest BCUT2D eigenvalue weighted by molar-refractivity contribution is -0.192. The maximum absolute atomic E-state index is 12.6. The first-order chi connectivity index (χ1) is 14.0. The first-order valence-corrected chi connectivity index (χ1v) is 9.74. The molecule has 2 heterocycles. The SMILES string of the molecule is Cc1ccccc1-c1n[nH]c2c1CCN(C(=O)C1(C)CC1)CC2.O=C(O)C(F)(F)F. The molecule has 9 heteroatoms. The van der Waals surface area contributed by atoms with Gasteiger partial charge in [0, 0.05) is 41.7 Å². The van der Waals surface area contributed by atoms with Crippen LogP contribution in [0.3, 0.4) is 0 Å². The normalized spacial score (nSPS) is 17.3. The van der Waals surface area contributed by atoms with Gasteiger partial charge in [0.15, 0.2) is 0 Å². The predicted molar refractivity (Wildman–Crippen MR) is 104 cm³/mol. The molecule has 0 bridgehead atoms. The van der Waals surface area contributed by atoms with Crippen LogP contribution in [0.1, 0.15) is 36.6 Å². The molecule has 4 rings (SSSR count). The highest BCUT2D eigenvalue weighted by molar-refractivity contribution is 5.85. The predicted octanol–water partition coefficient (Wildman–Crippen LogP) is 3.75. The van der Waals surface area contributed by atoms with Crippen molar-refractivity contribution in [1.82, 2.24) is 15.1 Å². The van der Waals surface area contributed by atoms with E-state index in [2.05, 4.69) is 53.2 Å². The summed E-state index contributed by atoms with van der Waals surface area (Å²) in [6.07, 6.45) is -1.24.